The van der Waals surface area contributed by atoms with E-state index in [1.54, 1.807) is 24.7 Å². The minimum Gasteiger partial charge on any atom is -0.340 e. The molecule has 2 aromatic carbocycles. The van der Waals surface area contributed by atoms with Gasteiger partial charge in [0, 0.05) is 34.6 Å². The van der Waals surface area contributed by atoms with Gasteiger partial charge in [-0.3, -0.25) is 10.1 Å². The van der Waals surface area contributed by atoms with Crippen molar-refractivity contribution in [1.82, 2.24) is 10.2 Å². The maximum Gasteiger partial charge on any atom is 0.140 e. The van der Waals surface area contributed by atoms with Crippen molar-refractivity contribution in [3.05, 3.63) is 71.1 Å². The van der Waals surface area contributed by atoms with Crippen LogP contribution in [0, 0.1) is 0 Å². The smallest absolute Gasteiger partial charge is 0.140 e. The number of anilines is 1. The number of benzene rings is 2. The number of hydrogen-bond donors (Lipinski definition) is 2. The van der Waals surface area contributed by atoms with Crippen molar-refractivity contribution < 1.29 is 0 Å². The summed E-state index contributed by atoms with van der Waals surface area (Å²) in [6, 6.07) is 16.4. The Balaban J connectivity index is 1.73. The lowest BCUT2D eigenvalue weighted by Gasteiger charge is -2.11. The van der Waals surface area contributed by atoms with Crippen LogP contribution in [0.25, 0.3) is 22.0 Å². The lowest BCUT2D eigenvalue weighted by atomic mass is 10.0. The molecule has 0 radical (unpaired) electrons. The van der Waals surface area contributed by atoms with Gasteiger partial charge in [0.05, 0.1) is 11.7 Å². The Kier molecular flexibility index (Phi) is 4.57. The van der Waals surface area contributed by atoms with E-state index < -0.39 is 0 Å². The molecule has 0 unspecified atom stereocenters. The van der Waals surface area contributed by atoms with E-state index in [4.69, 9.17) is 0 Å². The molecule has 2 N–H and O–H groups in total. The molecule has 128 valence electrons. The van der Waals surface area contributed by atoms with E-state index in [1.165, 1.54) is 0 Å². The van der Waals surface area contributed by atoms with E-state index in [2.05, 4.69) is 48.4 Å². The summed E-state index contributed by atoms with van der Waals surface area (Å²) >= 11 is 1.66. The third-order valence-corrected chi connectivity index (χ3v) is 4.75. The molecule has 0 saturated carbocycles. The van der Waals surface area contributed by atoms with Crippen LogP contribution < -0.4 is 5.32 Å². The molecule has 0 spiro atoms. The van der Waals surface area contributed by atoms with E-state index >= 15 is 0 Å². The monoisotopic (exact) mass is 359 g/mol. The van der Waals surface area contributed by atoms with Crippen molar-refractivity contribution in [1.29, 1.82) is 0 Å². The van der Waals surface area contributed by atoms with Crippen molar-refractivity contribution >= 4 is 40.1 Å². The number of hydrogen-bond acceptors (Lipinski definition) is 3. The fourth-order valence-electron chi connectivity index (χ4n) is 2.76. The highest BCUT2D eigenvalue weighted by Crippen LogP contribution is 2.28. The normalized spacial score (nSPS) is 12.1. The van der Waals surface area contributed by atoms with Gasteiger partial charge in [-0.25, -0.2) is 4.99 Å². The number of H-pyrrole nitrogens is 1. The highest BCUT2D eigenvalue weighted by molar-refractivity contribution is 7.08. The lowest BCUT2D eigenvalue weighted by molar-refractivity contribution is 1.12. The molecule has 26 heavy (non-hydrogen) atoms. The first-order chi connectivity index (χ1) is 12.8. The molecule has 0 atom stereocenters. The summed E-state index contributed by atoms with van der Waals surface area (Å²) in [7, 11) is 1.71. The van der Waals surface area contributed by atoms with E-state index in [0.717, 1.165) is 39.1 Å². The molecule has 4 aromatic rings. The summed E-state index contributed by atoms with van der Waals surface area (Å²) in [5.74, 6) is 0.763. The second-order valence-electron chi connectivity index (χ2n) is 5.71. The van der Waals surface area contributed by atoms with Crippen LogP contribution >= 0.6 is 11.3 Å². The summed E-state index contributed by atoms with van der Waals surface area (Å²) in [5, 5.41) is 15.8. The van der Waals surface area contributed by atoms with Gasteiger partial charge in [0.1, 0.15) is 12.2 Å². The summed E-state index contributed by atoms with van der Waals surface area (Å²) in [6.07, 6.45) is 3.37. The van der Waals surface area contributed by atoms with Crippen LogP contribution in [0.3, 0.4) is 0 Å². The number of aromatic nitrogens is 2. The summed E-state index contributed by atoms with van der Waals surface area (Å²) < 4.78 is 0. The Morgan fingerprint density at radius 1 is 1.15 bits per heavy atom. The summed E-state index contributed by atoms with van der Waals surface area (Å²) in [4.78, 5) is 8.54. The van der Waals surface area contributed by atoms with Gasteiger partial charge in [-0.05, 0) is 29.1 Å². The topological polar surface area (TPSA) is 65.4 Å². The molecular weight excluding hydrogens is 342 g/mol. The fraction of sp³-hybridized carbons (Fsp3) is 0.0500. The fourth-order valence-corrected chi connectivity index (χ4v) is 3.61. The number of amidine groups is 1. The van der Waals surface area contributed by atoms with Crippen molar-refractivity contribution in [3.63, 3.8) is 0 Å². The molecule has 0 saturated heterocycles. The van der Waals surface area contributed by atoms with Gasteiger partial charge >= 0.3 is 0 Å². The van der Waals surface area contributed by atoms with Gasteiger partial charge in [0.2, 0.25) is 0 Å². The number of nitrogens with zero attached hydrogens (tertiary/aromatic N) is 3. The molecule has 0 amide bonds. The molecule has 0 aliphatic heterocycles. The third kappa shape index (κ3) is 3.27. The predicted octanol–water partition coefficient (Wildman–Crippen LogP) is 4.81. The molecule has 2 aromatic heterocycles. The molecule has 4 rings (SSSR count). The van der Waals surface area contributed by atoms with Gasteiger partial charge < -0.3 is 5.32 Å². The molecular formula is C20H17N5S. The molecule has 5 nitrogen and oxygen atoms in total. The van der Waals surface area contributed by atoms with Crippen molar-refractivity contribution in [2.75, 3.05) is 12.4 Å². The zero-order valence-corrected chi connectivity index (χ0v) is 15.0. The van der Waals surface area contributed by atoms with Gasteiger partial charge in [0.15, 0.2) is 0 Å². The first kappa shape index (κ1) is 16.2. The Bertz CT molecular complexity index is 1080. The average Bonchev–Trinajstić information content (AvgIpc) is 3.34. The number of aliphatic imine (C=N–C) groups is 2. The van der Waals surface area contributed by atoms with Crippen LogP contribution in [0.5, 0.6) is 0 Å². The maximum absolute atomic E-state index is 4.53. The number of rotatable bonds is 4. The minimum absolute atomic E-state index is 0.763. The second-order valence-corrected chi connectivity index (χ2v) is 6.46. The van der Waals surface area contributed by atoms with Gasteiger partial charge in [-0.1, -0.05) is 30.3 Å². The standard InChI is InChI=1S/C20H17N5S/c1-21-13-22-20(24-16-7-8-19-15(9-16)10-23-25-19)18-12-26-11-17(18)14-5-3-2-4-6-14/h2-13H,1H3,(H,23,25)(H,21,22,24). The highest BCUT2D eigenvalue weighted by Gasteiger charge is 2.13. The molecule has 2 heterocycles. The molecule has 0 bridgehead atoms. The number of fused-ring (bicyclic) bond motifs is 1. The first-order valence-corrected chi connectivity index (χ1v) is 9.10. The van der Waals surface area contributed by atoms with Gasteiger partial charge in [0.25, 0.3) is 0 Å². The zero-order valence-electron chi connectivity index (χ0n) is 14.2. The third-order valence-electron chi connectivity index (χ3n) is 4.01. The summed E-state index contributed by atoms with van der Waals surface area (Å²) in [5.41, 5.74) is 5.32. The SMILES string of the molecule is CN=CN=C(Nc1ccc2[nH]ncc2c1)c1cscc1-c1ccccc1. The molecule has 6 heteroatoms. The van der Waals surface area contributed by atoms with Crippen LogP contribution in [0.1, 0.15) is 5.56 Å². The predicted molar refractivity (Wildman–Crippen MR) is 110 cm³/mol. The average molecular weight is 359 g/mol. The molecule has 0 aliphatic rings. The van der Waals surface area contributed by atoms with E-state index in [9.17, 15) is 0 Å². The first-order valence-electron chi connectivity index (χ1n) is 8.16. The quantitative estimate of drug-likeness (QED) is 0.406. The van der Waals surface area contributed by atoms with Crippen LogP contribution in [-0.4, -0.2) is 29.4 Å². The van der Waals surface area contributed by atoms with Crippen LogP contribution in [-0.2, 0) is 0 Å². The largest absolute Gasteiger partial charge is 0.340 e. The Hall–Kier alpha value is -3.25. The van der Waals surface area contributed by atoms with Crippen LogP contribution in [0.4, 0.5) is 5.69 Å². The molecule has 0 fully saturated rings. The molecule has 0 aliphatic carbocycles. The van der Waals surface area contributed by atoms with Crippen molar-refractivity contribution in [2.24, 2.45) is 9.98 Å². The minimum atomic E-state index is 0.763. The van der Waals surface area contributed by atoms with Crippen molar-refractivity contribution in [2.45, 2.75) is 0 Å². The van der Waals surface area contributed by atoms with E-state index in [1.807, 2.05) is 42.6 Å². The maximum atomic E-state index is 4.53. The highest BCUT2D eigenvalue weighted by atomic mass is 32.1. The van der Waals surface area contributed by atoms with Crippen LogP contribution in [0.15, 0.2) is 75.5 Å². The van der Waals surface area contributed by atoms with E-state index in [0.29, 0.717) is 0 Å². The second kappa shape index (κ2) is 7.33. The van der Waals surface area contributed by atoms with Gasteiger partial charge in [-0.15, -0.1) is 0 Å². The van der Waals surface area contributed by atoms with Gasteiger partial charge in [-0.2, -0.15) is 16.4 Å². The number of aromatic amines is 1. The number of nitrogens with one attached hydrogen (secondary N) is 2. The zero-order chi connectivity index (χ0) is 17.8. The Morgan fingerprint density at radius 3 is 2.88 bits per heavy atom. The number of thiophene rings is 1. The Morgan fingerprint density at radius 2 is 2.04 bits per heavy atom. The van der Waals surface area contributed by atoms with Crippen molar-refractivity contribution in [3.8, 4) is 11.1 Å². The van der Waals surface area contributed by atoms with Crippen LogP contribution in [0.2, 0.25) is 0 Å². The van der Waals surface area contributed by atoms with E-state index in [-0.39, 0.29) is 0 Å². The summed E-state index contributed by atoms with van der Waals surface area (Å²) in [6.45, 7) is 0. The Labute approximate surface area is 155 Å². The lowest BCUT2D eigenvalue weighted by Crippen LogP contribution is -2.14.